The molecule has 2 saturated heterocycles. The molecule has 41 heavy (non-hydrogen) atoms. The van der Waals surface area contributed by atoms with E-state index in [1.807, 2.05) is 39.0 Å². The van der Waals surface area contributed by atoms with E-state index in [9.17, 15) is 9.59 Å². The lowest BCUT2D eigenvalue weighted by molar-refractivity contribution is 0.00696. The fraction of sp³-hybridized carbons (Fsp3) is 0.688. The van der Waals surface area contributed by atoms with Gasteiger partial charge in [0.25, 0.3) is 0 Å². The van der Waals surface area contributed by atoms with Gasteiger partial charge < -0.3 is 23.8 Å². The molecule has 1 aromatic heterocycles. The normalized spacial score (nSPS) is 22.7. The predicted molar refractivity (Wildman–Crippen MR) is 159 cm³/mol. The standard InChI is InChI=1S/C32H47N5O4/c1-21(2)10-13-25(28(38)30-34-26-8-6-7-9-27(26)37(30)24-11-12-24)22-18-23(29(33)35-14-16-40-17-15-35)20-36(19-22)31(39)41-32(3,4)5/h6-9,21-25,33H,10-20H2,1-5H3/t22-,23+,25?/m0/s1. The highest BCUT2D eigenvalue weighted by molar-refractivity contribution is 5.98. The second-order valence-corrected chi connectivity index (χ2v) is 13.5. The fourth-order valence-corrected chi connectivity index (χ4v) is 6.35. The Bertz CT molecular complexity index is 1250. The van der Waals surface area contributed by atoms with Crippen molar-refractivity contribution in [1.29, 1.82) is 5.41 Å². The molecule has 9 nitrogen and oxygen atoms in total. The summed E-state index contributed by atoms with van der Waals surface area (Å²) in [6.07, 6.45) is 4.08. The van der Waals surface area contributed by atoms with E-state index in [0.717, 1.165) is 36.7 Å². The van der Waals surface area contributed by atoms with E-state index in [2.05, 4.69) is 29.4 Å². The van der Waals surface area contributed by atoms with Crippen LogP contribution in [0.2, 0.25) is 0 Å². The highest BCUT2D eigenvalue weighted by Gasteiger charge is 2.42. The number of hydrogen-bond acceptors (Lipinski definition) is 6. The number of benzene rings is 1. The minimum absolute atomic E-state index is 0.0708. The van der Waals surface area contributed by atoms with Crippen LogP contribution in [0.1, 0.15) is 83.4 Å². The topological polar surface area (TPSA) is 101 Å². The maximum atomic E-state index is 14.6. The smallest absolute Gasteiger partial charge is 0.410 e. The third-order valence-corrected chi connectivity index (χ3v) is 8.56. The number of fused-ring (bicyclic) bond motifs is 1. The molecule has 3 aliphatic rings. The molecule has 1 aliphatic carbocycles. The zero-order chi connectivity index (χ0) is 29.3. The van der Waals surface area contributed by atoms with Crippen molar-refractivity contribution in [3.05, 3.63) is 30.1 Å². The van der Waals surface area contributed by atoms with Crippen LogP contribution >= 0.6 is 0 Å². The number of amidine groups is 1. The molecule has 3 atom stereocenters. The number of nitrogens with one attached hydrogen (secondary N) is 1. The summed E-state index contributed by atoms with van der Waals surface area (Å²) in [4.78, 5) is 36.7. The first-order chi connectivity index (χ1) is 19.5. The van der Waals surface area contributed by atoms with E-state index in [1.54, 1.807) is 4.90 Å². The van der Waals surface area contributed by atoms with Crippen LogP contribution in [0, 0.1) is 29.1 Å². The van der Waals surface area contributed by atoms with Crippen LogP contribution in [0.5, 0.6) is 0 Å². The van der Waals surface area contributed by atoms with Gasteiger partial charge in [0.2, 0.25) is 5.78 Å². The van der Waals surface area contributed by atoms with Gasteiger partial charge in [-0.1, -0.05) is 32.4 Å². The van der Waals surface area contributed by atoms with Gasteiger partial charge in [0, 0.05) is 44.1 Å². The molecule has 1 N–H and O–H groups in total. The Morgan fingerprint density at radius 1 is 1.07 bits per heavy atom. The first kappa shape index (κ1) is 29.5. The van der Waals surface area contributed by atoms with Crippen molar-refractivity contribution >= 4 is 28.7 Å². The lowest BCUT2D eigenvalue weighted by Crippen LogP contribution is -2.53. The number of likely N-dealkylation sites (tertiary alicyclic amines) is 1. The number of aromatic nitrogens is 2. The van der Waals surface area contributed by atoms with Crippen LogP contribution in [0.15, 0.2) is 24.3 Å². The summed E-state index contributed by atoms with van der Waals surface area (Å²) in [5.41, 5.74) is 1.25. The highest BCUT2D eigenvalue weighted by atomic mass is 16.6. The number of piperidine rings is 1. The monoisotopic (exact) mass is 565 g/mol. The van der Waals surface area contributed by atoms with E-state index < -0.39 is 5.60 Å². The second kappa shape index (κ2) is 12.1. The van der Waals surface area contributed by atoms with E-state index in [4.69, 9.17) is 19.9 Å². The number of rotatable bonds is 8. The summed E-state index contributed by atoms with van der Waals surface area (Å²) >= 11 is 0. The number of para-hydroxylation sites is 2. The molecule has 0 spiro atoms. The van der Waals surface area contributed by atoms with E-state index in [-0.39, 0.29) is 29.6 Å². The molecular weight excluding hydrogens is 518 g/mol. The number of nitrogens with zero attached hydrogens (tertiary/aromatic N) is 4. The zero-order valence-corrected chi connectivity index (χ0v) is 25.4. The number of ketones is 1. The Kier molecular flexibility index (Phi) is 8.73. The summed E-state index contributed by atoms with van der Waals surface area (Å²) in [7, 11) is 0. The van der Waals surface area contributed by atoms with Crippen LogP contribution in [-0.2, 0) is 9.47 Å². The molecule has 224 valence electrons. The van der Waals surface area contributed by atoms with Gasteiger partial charge in [-0.25, -0.2) is 9.78 Å². The molecule has 1 aromatic carbocycles. The Morgan fingerprint density at radius 2 is 1.78 bits per heavy atom. The number of morpholine rings is 1. The number of imidazole rings is 1. The molecule has 0 radical (unpaired) electrons. The minimum Gasteiger partial charge on any atom is -0.444 e. The lowest BCUT2D eigenvalue weighted by Gasteiger charge is -2.43. The van der Waals surface area contributed by atoms with Gasteiger partial charge >= 0.3 is 6.09 Å². The molecule has 1 amide bonds. The molecule has 0 bridgehead atoms. The van der Waals surface area contributed by atoms with Gasteiger partial charge in [-0.3, -0.25) is 10.2 Å². The molecule has 1 saturated carbocycles. The lowest BCUT2D eigenvalue weighted by atomic mass is 9.75. The van der Waals surface area contributed by atoms with Gasteiger partial charge in [0.1, 0.15) is 11.4 Å². The molecule has 5 rings (SSSR count). The molecule has 2 aromatic rings. The SMILES string of the molecule is CC(C)CCC(C(=O)c1nc2ccccc2n1C1CC1)[C@H]1C[C@@H](C(=N)N2CCOCC2)CN(C(=O)OC(C)(C)C)C1. The average Bonchev–Trinajstić information content (AvgIpc) is 3.70. The maximum Gasteiger partial charge on any atom is 0.410 e. The highest BCUT2D eigenvalue weighted by Crippen LogP contribution is 2.41. The summed E-state index contributed by atoms with van der Waals surface area (Å²) in [5, 5.41) is 9.12. The largest absolute Gasteiger partial charge is 0.444 e. The van der Waals surface area contributed by atoms with Crippen molar-refractivity contribution < 1.29 is 19.1 Å². The minimum atomic E-state index is -0.626. The van der Waals surface area contributed by atoms with Crippen LogP contribution < -0.4 is 0 Å². The molecule has 3 fully saturated rings. The third-order valence-electron chi connectivity index (χ3n) is 8.56. The first-order valence-electron chi connectivity index (χ1n) is 15.4. The van der Waals surface area contributed by atoms with E-state index in [1.165, 1.54) is 0 Å². The molecule has 2 aliphatic heterocycles. The van der Waals surface area contributed by atoms with Crippen molar-refractivity contribution in [2.45, 2.75) is 78.4 Å². The Hall–Kier alpha value is -2.94. The van der Waals surface area contributed by atoms with Gasteiger partial charge in [-0.2, -0.15) is 0 Å². The van der Waals surface area contributed by atoms with Crippen molar-refractivity contribution in [3.63, 3.8) is 0 Å². The van der Waals surface area contributed by atoms with Crippen LogP contribution in [0.3, 0.4) is 0 Å². The van der Waals surface area contributed by atoms with Crippen molar-refractivity contribution in [2.24, 2.45) is 23.7 Å². The van der Waals surface area contributed by atoms with Crippen molar-refractivity contribution in [1.82, 2.24) is 19.4 Å². The van der Waals surface area contributed by atoms with Gasteiger partial charge in [0.15, 0.2) is 5.82 Å². The molecule has 1 unspecified atom stereocenters. The molecule has 3 heterocycles. The third kappa shape index (κ3) is 6.93. The molecular formula is C32H47N5O4. The zero-order valence-electron chi connectivity index (χ0n) is 25.4. The van der Waals surface area contributed by atoms with Gasteiger partial charge in [0.05, 0.1) is 24.2 Å². The number of hydrogen-bond donors (Lipinski definition) is 1. The summed E-state index contributed by atoms with van der Waals surface area (Å²) in [6.45, 7) is 13.4. The molecule has 9 heteroatoms. The Morgan fingerprint density at radius 3 is 2.44 bits per heavy atom. The summed E-state index contributed by atoms with van der Waals surface area (Å²) < 4.78 is 13.5. The van der Waals surface area contributed by atoms with Gasteiger partial charge in [-0.15, -0.1) is 0 Å². The number of carbonyl (C=O) groups is 2. The second-order valence-electron chi connectivity index (χ2n) is 13.5. The summed E-state index contributed by atoms with van der Waals surface area (Å²) in [5.74, 6) is 1.04. The Labute approximate surface area is 244 Å². The van der Waals surface area contributed by atoms with Crippen LogP contribution in [-0.4, -0.2) is 82.1 Å². The summed E-state index contributed by atoms with van der Waals surface area (Å²) in [6, 6.07) is 8.34. The number of amides is 1. The first-order valence-corrected chi connectivity index (χ1v) is 15.4. The fourth-order valence-electron chi connectivity index (χ4n) is 6.35. The maximum absolute atomic E-state index is 14.6. The number of ether oxygens (including phenoxy) is 2. The predicted octanol–water partition coefficient (Wildman–Crippen LogP) is 5.79. The van der Waals surface area contributed by atoms with E-state index >= 15 is 0 Å². The van der Waals surface area contributed by atoms with Crippen molar-refractivity contribution in [2.75, 3.05) is 39.4 Å². The number of Topliss-reactive ketones (excluding diaryl/α,β-unsaturated/α-hetero) is 1. The van der Waals surface area contributed by atoms with Crippen molar-refractivity contribution in [3.8, 4) is 0 Å². The van der Waals surface area contributed by atoms with Gasteiger partial charge in [-0.05, 0) is 70.4 Å². The van der Waals surface area contributed by atoms with Crippen LogP contribution in [0.25, 0.3) is 11.0 Å². The number of carbonyl (C=O) groups excluding carboxylic acids is 2. The van der Waals surface area contributed by atoms with E-state index in [0.29, 0.717) is 69.4 Å². The van der Waals surface area contributed by atoms with Crippen LogP contribution in [0.4, 0.5) is 4.79 Å². The quantitative estimate of drug-likeness (QED) is 0.247. The Balaban J connectivity index is 1.48. The average molecular weight is 566 g/mol.